The minimum Gasteiger partial charge on any atom is -0.497 e. The lowest BCUT2D eigenvalue weighted by atomic mass is 10.1. The SMILES string of the molecule is COc1ccc(-c2nc3ccccc3c(=O)n2-c2ccccc2Cl)cc1. The quantitative estimate of drug-likeness (QED) is 0.530. The molecule has 1 heterocycles. The van der Waals surface area contributed by atoms with Gasteiger partial charge in [0.2, 0.25) is 0 Å². The Morgan fingerprint density at radius 3 is 2.35 bits per heavy atom. The molecule has 0 saturated heterocycles. The number of hydrogen-bond acceptors (Lipinski definition) is 3. The van der Waals surface area contributed by atoms with Crippen molar-refractivity contribution >= 4 is 22.5 Å². The Hall–Kier alpha value is -3.11. The monoisotopic (exact) mass is 362 g/mol. The number of hydrogen-bond donors (Lipinski definition) is 0. The molecular weight excluding hydrogens is 348 g/mol. The molecule has 0 aliphatic carbocycles. The van der Waals surface area contributed by atoms with E-state index in [0.717, 1.165) is 11.3 Å². The van der Waals surface area contributed by atoms with Crippen LogP contribution in [0.25, 0.3) is 28.0 Å². The summed E-state index contributed by atoms with van der Waals surface area (Å²) in [5, 5.41) is 1.03. The number of ether oxygens (including phenoxy) is 1. The Morgan fingerprint density at radius 2 is 1.62 bits per heavy atom. The summed E-state index contributed by atoms with van der Waals surface area (Å²) in [6, 6.07) is 22.0. The molecule has 4 rings (SSSR count). The average Bonchev–Trinajstić information content (AvgIpc) is 2.69. The predicted octanol–water partition coefficient (Wildman–Crippen LogP) is 4.71. The van der Waals surface area contributed by atoms with Crippen LogP contribution in [0.4, 0.5) is 0 Å². The first-order valence-corrected chi connectivity index (χ1v) is 8.48. The van der Waals surface area contributed by atoms with E-state index in [1.54, 1.807) is 23.8 Å². The van der Waals surface area contributed by atoms with Gasteiger partial charge in [0.05, 0.1) is 28.7 Å². The van der Waals surface area contributed by atoms with Crippen LogP contribution in [0.1, 0.15) is 0 Å². The van der Waals surface area contributed by atoms with E-state index in [2.05, 4.69) is 0 Å². The van der Waals surface area contributed by atoms with Crippen LogP contribution in [0.2, 0.25) is 5.02 Å². The highest BCUT2D eigenvalue weighted by Gasteiger charge is 2.16. The Kier molecular flexibility index (Phi) is 4.19. The van der Waals surface area contributed by atoms with Gasteiger partial charge in [-0.2, -0.15) is 0 Å². The molecule has 0 radical (unpaired) electrons. The third-order valence-corrected chi connectivity index (χ3v) is 4.54. The number of methoxy groups -OCH3 is 1. The van der Waals surface area contributed by atoms with E-state index in [-0.39, 0.29) is 5.56 Å². The lowest BCUT2D eigenvalue weighted by Crippen LogP contribution is -2.22. The number of para-hydroxylation sites is 2. The number of aromatic nitrogens is 2. The van der Waals surface area contributed by atoms with Crippen LogP contribution in [0.5, 0.6) is 5.75 Å². The zero-order chi connectivity index (χ0) is 18.1. The molecule has 0 spiro atoms. The fourth-order valence-corrected chi connectivity index (χ4v) is 3.14. The molecule has 0 bridgehead atoms. The summed E-state index contributed by atoms with van der Waals surface area (Å²) in [6.07, 6.45) is 0. The van der Waals surface area contributed by atoms with Gasteiger partial charge in [-0.1, -0.05) is 35.9 Å². The van der Waals surface area contributed by atoms with E-state index in [1.165, 1.54) is 0 Å². The van der Waals surface area contributed by atoms with Crippen LogP contribution >= 0.6 is 11.6 Å². The second-order valence-corrected chi connectivity index (χ2v) is 6.18. The van der Waals surface area contributed by atoms with Gasteiger partial charge in [0.25, 0.3) is 5.56 Å². The van der Waals surface area contributed by atoms with E-state index >= 15 is 0 Å². The summed E-state index contributed by atoms with van der Waals surface area (Å²) < 4.78 is 6.78. The van der Waals surface area contributed by atoms with Crippen LogP contribution in [-0.4, -0.2) is 16.7 Å². The van der Waals surface area contributed by atoms with Gasteiger partial charge in [0.1, 0.15) is 11.6 Å². The first-order chi connectivity index (χ1) is 12.7. The number of benzene rings is 3. The first kappa shape index (κ1) is 16.4. The standard InChI is InChI=1S/C21H15ClN2O2/c1-26-15-12-10-14(11-13-15)20-23-18-8-4-2-6-16(18)21(25)24(20)19-9-5-3-7-17(19)22/h2-13H,1H3. The summed E-state index contributed by atoms with van der Waals surface area (Å²) in [5.74, 6) is 1.27. The fraction of sp³-hybridized carbons (Fsp3) is 0.0476. The molecule has 0 atom stereocenters. The van der Waals surface area contributed by atoms with Gasteiger partial charge in [0, 0.05) is 5.56 Å². The molecule has 0 N–H and O–H groups in total. The molecule has 4 aromatic rings. The second kappa shape index (κ2) is 6.65. The lowest BCUT2D eigenvalue weighted by molar-refractivity contribution is 0.415. The van der Waals surface area contributed by atoms with E-state index in [4.69, 9.17) is 21.3 Å². The summed E-state index contributed by atoms with van der Waals surface area (Å²) >= 11 is 6.38. The Bertz CT molecular complexity index is 1150. The minimum absolute atomic E-state index is 0.158. The van der Waals surface area contributed by atoms with Gasteiger partial charge >= 0.3 is 0 Å². The van der Waals surface area contributed by atoms with Crippen molar-refractivity contribution in [2.45, 2.75) is 0 Å². The Balaban J connectivity index is 2.08. The van der Waals surface area contributed by atoms with Crippen molar-refractivity contribution in [3.8, 4) is 22.8 Å². The van der Waals surface area contributed by atoms with Gasteiger partial charge in [0.15, 0.2) is 0 Å². The molecule has 128 valence electrons. The molecule has 5 heteroatoms. The van der Waals surface area contributed by atoms with Gasteiger partial charge in [-0.15, -0.1) is 0 Å². The van der Waals surface area contributed by atoms with Crippen LogP contribution < -0.4 is 10.3 Å². The zero-order valence-electron chi connectivity index (χ0n) is 14.0. The van der Waals surface area contributed by atoms with Crippen molar-refractivity contribution < 1.29 is 4.74 Å². The van der Waals surface area contributed by atoms with Gasteiger partial charge in [-0.25, -0.2) is 4.98 Å². The molecule has 1 aromatic heterocycles. The zero-order valence-corrected chi connectivity index (χ0v) is 14.8. The third kappa shape index (κ3) is 2.74. The van der Waals surface area contributed by atoms with Crippen molar-refractivity contribution in [2.75, 3.05) is 7.11 Å². The molecule has 0 aliphatic rings. The molecule has 0 saturated carbocycles. The van der Waals surface area contributed by atoms with E-state index in [9.17, 15) is 4.79 Å². The second-order valence-electron chi connectivity index (χ2n) is 5.77. The average molecular weight is 363 g/mol. The minimum atomic E-state index is -0.158. The van der Waals surface area contributed by atoms with Crippen molar-refractivity contribution in [1.82, 2.24) is 9.55 Å². The van der Waals surface area contributed by atoms with E-state index < -0.39 is 0 Å². The fourth-order valence-electron chi connectivity index (χ4n) is 2.92. The normalized spacial score (nSPS) is 10.8. The van der Waals surface area contributed by atoms with Gasteiger partial charge < -0.3 is 4.74 Å². The highest BCUT2D eigenvalue weighted by molar-refractivity contribution is 6.32. The summed E-state index contributed by atoms with van der Waals surface area (Å²) in [7, 11) is 1.61. The van der Waals surface area contributed by atoms with Crippen molar-refractivity contribution in [1.29, 1.82) is 0 Å². The molecule has 3 aromatic carbocycles. The van der Waals surface area contributed by atoms with Crippen molar-refractivity contribution in [3.05, 3.63) is 88.2 Å². The summed E-state index contributed by atoms with van der Waals surface area (Å²) in [4.78, 5) is 18.0. The van der Waals surface area contributed by atoms with Crippen LogP contribution in [0.15, 0.2) is 77.6 Å². The topological polar surface area (TPSA) is 44.1 Å². The molecule has 4 nitrogen and oxygen atoms in total. The van der Waals surface area contributed by atoms with Crippen LogP contribution in [-0.2, 0) is 0 Å². The van der Waals surface area contributed by atoms with Crippen molar-refractivity contribution in [2.24, 2.45) is 0 Å². The van der Waals surface area contributed by atoms with Crippen LogP contribution in [0, 0.1) is 0 Å². The number of rotatable bonds is 3. The molecular formula is C21H15ClN2O2. The van der Waals surface area contributed by atoms with Gasteiger partial charge in [-0.3, -0.25) is 9.36 Å². The number of halogens is 1. The number of fused-ring (bicyclic) bond motifs is 1. The maximum atomic E-state index is 13.2. The molecule has 0 aliphatic heterocycles. The summed E-state index contributed by atoms with van der Waals surface area (Å²) in [5.41, 5.74) is 1.89. The molecule has 0 fully saturated rings. The lowest BCUT2D eigenvalue weighted by Gasteiger charge is -2.15. The smallest absolute Gasteiger partial charge is 0.266 e. The molecule has 26 heavy (non-hydrogen) atoms. The predicted molar refractivity (Wildman–Crippen MR) is 104 cm³/mol. The largest absolute Gasteiger partial charge is 0.497 e. The third-order valence-electron chi connectivity index (χ3n) is 4.22. The Morgan fingerprint density at radius 1 is 0.923 bits per heavy atom. The Labute approximate surface area is 155 Å². The molecule has 0 unspecified atom stereocenters. The van der Waals surface area contributed by atoms with Crippen molar-refractivity contribution in [3.63, 3.8) is 0 Å². The summed E-state index contributed by atoms with van der Waals surface area (Å²) in [6.45, 7) is 0. The number of nitrogens with zero attached hydrogens (tertiary/aromatic N) is 2. The van der Waals surface area contributed by atoms with E-state index in [1.807, 2.05) is 60.7 Å². The maximum absolute atomic E-state index is 13.2. The first-order valence-electron chi connectivity index (χ1n) is 8.10. The highest BCUT2D eigenvalue weighted by atomic mass is 35.5. The van der Waals surface area contributed by atoms with E-state index in [0.29, 0.717) is 27.4 Å². The maximum Gasteiger partial charge on any atom is 0.266 e. The highest BCUT2D eigenvalue weighted by Crippen LogP contribution is 2.27. The molecule has 0 amide bonds. The van der Waals surface area contributed by atoms with Crippen LogP contribution in [0.3, 0.4) is 0 Å². The van der Waals surface area contributed by atoms with Gasteiger partial charge in [-0.05, 0) is 48.5 Å².